The molecule has 0 spiro atoms. The van der Waals surface area contributed by atoms with Crippen LogP contribution >= 0.6 is 34.3 Å². The first-order valence-corrected chi connectivity index (χ1v) is 29.9. The largest absolute Gasteiger partial charge is 0.311 e. The van der Waals surface area contributed by atoms with Gasteiger partial charge < -0.3 is 19.6 Å². The van der Waals surface area contributed by atoms with E-state index >= 15 is 0 Å². The van der Waals surface area contributed by atoms with E-state index in [4.69, 9.17) is 11.6 Å². The molecule has 0 saturated heterocycles. The first kappa shape index (κ1) is 49.7. The van der Waals surface area contributed by atoms with Gasteiger partial charge in [0.1, 0.15) is 0 Å². The van der Waals surface area contributed by atoms with Crippen LogP contribution in [-0.4, -0.2) is 6.71 Å². The SMILES string of the molecule is Cc1cc2ccccc2c2c(N(c3ccccc3)c3cccc(N(c4ccccc4)c4ccccc4)c3Cl)csc12.Cc1cc2ccccc2c2c3c(sc12)B1c2ccccc2N(c2ccccc2)c2cccc(c21)N3c1ccccc1. The molecular formula is C74H52BClN4S2. The summed E-state index contributed by atoms with van der Waals surface area (Å²) in [5.74, 6) is 0. The van der Waals surface area contributed by atoms with E-state index < -0.39 is 0 Å². The average Bonchev–Trinajstić information content (AvgIpc) is 4.26. The summed E-state index contributed by atoms with van der Waals surface area (Å²) in [7, 11) is 0. The fourth-order valence-electron chi connectivity index (χ4n) is 12.7. The van der Waals surface area contributed by atoms with Crippen molar-refractivity contribution < 1.29 is 0 Å². The van der Waals surface area contributed by atoms with E-state index in [9.17, 15) is 0 Å². The number of halogens is 1. The van der Waals surface area contributed by atoms with Gasteiger partial charge in [-0.2, -0.15) is 0 Å². The molecule has 0 unspecified atom stereocenters. The van der Waals surface area contributed by atoms with Gasteiger partial charge >= 0.3 is 0 Å². The van der Waals surface area contributed by atoms with Gasteiger partial charge in [-0.15, -0.1) is 22.7 Å². The second-order valence-corrected chi connectivity index (χ2v) is 23.3. The van der Waals surface area contributed by atoms with Crippen molar-refractivity contribution in [1.82, 2.24) is 0 Å². The van der Waals surface area contributed by atoms with E-state index in [-0.39, 0.29) is 6.71 Å². The van der Waals surface area contributed by atoms with Crippen molar-refractivity contribution in [2.75, 3.05) is 19.6 Å². The molecule has 4 heterocycles. The van der Waals surface area contributed by atoms with Crippen LogP contribution in [0.25, 0.3) is 41.7 Å². The highest BCUT2D eigenvalue weighted by Gasteiger charge is 2.45. The first-order valence-electron chi connectivity index (χ1n) is 27.8. The van der Waals surface area contributed by atoms with E-state index in [1.54, 1.807) is 11.3 Å². The van der Waals surface area contributed by atoms with Gasteiger partial charge in [0.2, 0.25) is 0 Å². The lowest BCUT2D eigenvalue weighted by Gasteiger charge is -2.43. The Labute approximate surface area is 491 Å². The normalized spacial score (nSPS) is 12.3. The van der Waals surface area contributed by atoms with Crippen LogP contribution in [0.1, 0.15) is 11.1 Å². The van der Waals surface area contributed by atoms with Crippen molar-refractivity contribution in [3.05, 3.63) is 295 Å². The third-order valence-electron chi connectivity index (χ3n) is 16.2. The van der Waals surface area contributed by atoms with Gasteiger partial charge in [0.25, 0.3) is 6.71 Å². The fourth-order valence-corrected chi connectivity index (χ4v) is 15.4. The number of benzene rings is 12. The highest BCUT2D eigenvalue weighted by molar-refractivity contribution is 7.34. The predicted octanol–water partition coefficient (Wildman–Crippen LogP) is 20.4. The summed E-state index contributed by atoms with van der Waals surface area (Å²) in [5, 5.41) is 10.7. The molecule has 0 saturated carbocycles. The summed E-state index contributed by atoms with van der Waals surface area (Å²) < 4.78 is 4.09. The number of anilines is 12. The fraction of sp³-hybridized carbons (Fsp3) is 0.0270. The summed E-state index contributed by atoms with van der Waals surface area (Å²) in [6.45, 7) is 4.63. The van der Waals surface area contributed by atoms with Crippen molar-refractivity contribution >= 4 is 167 Å². The standard InChI is InChI=1S/C37H25BN2S.C37H27ClN2S/c1-24-23-25-13-8-9-18-28(25)33-35-37(41-36(24)33)38-29-19-10-11-20-30(29)39(26-14-4-2-5-15-26)31-21-12-22-32(34(31)38)40(35)27-16-6-3-7-17-27;1-26-24-27-14-11-12-21-31(27)35-34(25-41-37(26)35)40(30-19-9-4-10-20-30)33-23-13-22-32(36(33)38)39(28-15-5-2-6-16-28)29-17-7-3-8-18-29/h2-23H,1H3;2-25H,1H3. The molecule has 8 heteroatoms. The van der Waals surface area contributed by atoms with Crippen LogP contribution in [0.3, 0.4) is 0 Å². The number of fused-ring (bicyclic) bond motifs is 11. The molecule has 0 amide bonds. The maximum Gasteiger partial charge on any atom is 0.264 e. The third-order valence-corrected chi connectivity index (χ3v) is 19.0. The quantitative estimate of drug-likeness (QED) is 0.141. The number of nitrogens with zero attached hydrogens (tertiary/aromatic N) is 4. The molecular weight excluding hydrogens is 1060 g/mol. The van der Waals surface area contributed by atoms with Gasteiger partial charge in [-0.05, 0) is 161 Å². The van der Waals surface area contributed by atoms with Gasteiger partial charge in [-0.1, -0.05) is 181 Å². The van der Waals surface area contributed by atoms with Crippen LogP contribution in [0.15, 0.2) is 278 Å². The summed E-state index contributed by atoms with van der Waals surface area (Å²) in [4.78, 5) is 9.52. The van der Waals surface area contributed by atoms with Crippen LogP contribution < -0.4 is 35.3 Å². The summed E-state index contributed by atoms with van der Waals surface area (Å²) in [6.07, 6.45) is 0. The van der Waals surface area contributed by atoms with Gasteiger partial charge in [0.05, 0.1) is 27.8 Å². The molecule has 12 aromatic carbocycles. The minimum atomic E-state index is 0.155. The predicted molar refractivity (Wildman–Crippen MR) is 357 cm³/mol. The molecule has 0 N–H and O–H groups in total. The van der Waals surface area contributed by atoms with E-state index in [2.05, 4.69) is 300 Å². The number of aryl methyl sites for hydroxylation is 2. The Hall–Kier alpha value is -9.37. The second kappa shape index (κ2) is 20.6. The molecule has 2 aliphatic rings. The molecule has 14 aromatic rings. The topological polar surface area (TPSA) is 13.0 Å². The van der Waals surface area contributed by atoms with Gasteiger partial charge in [0, 0.05) is 75.8 Å². The highest BCUT2D eigenvalue weighted by atomic mass is 35.5. The average molecular weight is 1110 g/mol. The number of rotatable bonds is 8. The van der Waals surface area contributed by atoms with Crippen molar-refractivity contribution in [1.29, 1.82) is 0 Å². The number of thiophene rings is 2. The molecule has 82 heavy (non-hydrogen) atoms. The molecule has 4 nitrogen and oxygen atoms in total. The zero-order chi connectivity index (χ0) is 54.8. The minimum absolute atomic E-state index is 0.155. The summed E-state index contributed by atoms with van der Waals surface area (Å²) >= 11 is 11.3. The minimum Gasteiger partial charge on any atom is -0.311 e. The van der Waals surface area contributed by atoms with E-state index in [1.807, 2.05) is 23.5 Å². The van der Waals surface area contributed by atoms with Crippen LogP contribution in [0.5, 0.6) is 0 Å². The molecule has 0 fully saturated rings. The Bertz CT molecular complexity index is 4670. The van der Waals surface area contributed by atoms with Crippen molar-refractivity contribution in [3.8, 4) is 0 Å². The van der Waals surface area contributed by atoms with Gasteiger partial charge in [0.15, 0.2) is 0 Å². The lowest BCUT2D eigenvalue weighted by molar-refractivity contribution is 1.26. The number of hydrogen-bond donors (Lipinski definition) is 0. The van der Waals surface area contributed by atoms with Crippen molar-refractivity contribution in [2.24, 2.45) is 0 Å². The van der Waals surface area contributed by atoms with Crippen LogP contribution in [-0.2, 0) is 0 Å². The Morgan fingerprint density at radius 2 is 0.854 bits per heavy atom. The van der Waals surface area contributed by atoms with Gasteiger partial charge in [-0.25, -0.2) is 0 Å². The second-order valence-electron chi connectivity index (χ2n) is 21.0. The molecule has 16 rings (SSSR count). The molecule has 0 aliphatic carbocycles. The summed E-state index contributed by atoms with van der Waals surface area (Å²) in [6, 6.07) is 97.3. The molecule has 2 aromatic heterocycles. The van der Waals surface area contributed by atoms with Crippen LogP contribution in [0, 0.1) is 13.8 Å². The molecule has 0 bridgehead atoms. The Kier molecular flexibility index (Phi) is 12.5. The van der Waals surface area contributed by atoms with E-state index in [0.717, 1.165) is 34.1 Å². The van der Waals surface area contributed by atoms with E-state index in [0.29, 0.717) is 5.02 Å². The van der Waals surface area contributed by atoms with Crippen molar-refractivity contribution in [2.45, 2.75) is 13.8 Å². The monoisotopic (exact) mass is 1110 g/mol. The highest BCUT2D eigenvalue weighted by Crippen LogP contribution is 2.52. The van der Waals surface area contributed by atoms with Crippen LogP contribution in [0.4, 0.5) is 68.2 Å². The Morgan fingerprint density at radius 3 is 1.46 bits per heavy atom. The smallest absolute Gasteiger partial charge is 0.264 e. The molecule has 0 atom stereocenters. The Morgan fingerprint density at radius 1 is 0.402 bits per heavy atom. The maximum absolute atomic E-state index is 7.49. The number of hydrogen-bond acceptors (Lipinski definition) is 6. The first-order chi connectivity index (χ1) is 40.5. The molecule has 390 valence electrons. The number of para-hydroxylation sites is 6. The maximum atomic E-state index is 7.49. The van der Waals surface area contributed by atoms with Gasteiger partial charge in [-0.3, -0.25) is 0 Å². The zero-order valence-corrected chi connectivity index (χ0v) is 47.5. The van der Waals surface area contributed by atoms with Crippen molar-refractivity contribution in [3.63, 3.8) is 0 Å². The zero-order valence-electron chi connectivity index (χ0n) is 45.1. The molecule has 2 aliphatic heterocycles. The lowest BCUT2D eigenvalue weighted by atomic mass is 9.36. The van der Waals surface area contributed by atoms with E-state index in [1.165, 1.54) is 103 Å². The third kappa shape index (κ3) is 8.18. The Balaban J connectivity index is 0.000000140. The summed E-state index contributed by atoms with van der Waals surface area (Å²) in [5.41, 5.74) is 18.9. The lowest BCUT2D eigenvalue weighted by Crippen LogP contribution is -2.60. The van der Waals surface area contributed by atoms with Crippen LogP contribution in [0.2, 0.25) is 5.02 Å². The molecule has 0 radical (unpaired) electrons.